The molecule has 2 aromatic carbocycles. The standard InChI is InChI=1S/C19H22O3SSi/c1-24(2,3)19(14-18(20)17-12-8-5-9-13-17)23(21,22)15-16-10-6-4-7-11-16/h4-14H,15H2,1-3H3/b19-14-. The summed E-state index contributed by atoms with van der Waals surface area (Å²) in [6.45, 7) is 5.83. The molecular formula is C19H22O3SSi. The van der Waals surface area contributed by atoms with Gasteiger partial charge in [-0.25, -0.2) is 8.42 Å². The minimum Gasteiger partial charge on any atom is -0.289 e. The van der Waals surface area contributed by atoms with Crippen LogP contribution in [-0.4, -0.2) is 22.3 Å². The summed E-state index contributed by atoms with van der Waals surface area (Å²) < 4.78 is 26.2. The Kier molecular flexibility index (Phi) is 5.57. The van der Waals surface area contributed by atoms with Crippen molar-refractivity contribution in [3.8, 4) is 0 Å². The number of sulfone groups is 1. The van der Waals surface area contributed by atoms with Crippen molar-refractivity contribution in [2.24, 2.45) is 0 Å². The number of hydrogen-bond acceptors (Lipinski definition) is 3. The Morgan fingerprint density at radius 1 is 0.917 bits per heavy atom. The van der Waals surface area contributed by atoms with Crippen molar-refractivity contribution < 1.29 is 13.2 Å². The monoisotopic (exact) mass is 358 g/mol. The molecule has 0 spiro atoms. The maximum atomic E-state index is 12.9. The van der Waals surface area contributed by atoms with E-state index in [1.54, 1.807) is 36.4 Å². The van der Waals surface area contributed by atoms with Gasteiger partial charge in [-0.1, -0.05) is 80.3 Å². The Balaban J connectivity index is 2.42. The van der Waals surface area contributed by atoms with Crippen LogP contribution in [0, 0.1) is 0 Å². The quantitative estimate of drug-likeness (QED) is 0.441. The molecule has 0 saturated heterocycles. The third-order valence-corrected chi connectivity index (χ3v) is 9.49. The molecule has 5 heteroatoms. The molecule has 2 rings (SSSR count). The summed E-state index contributed by atoms with van der Waals surface area (Å²) in [6, 6.07) is 17.8. The first kappa shape index (κ1) is 18.4. The minimum atomic E-state index is -3.53. The number of allylic oxidation sites excluding steroid dienone is 1. The summed E-state index contributed by atoms with van der Waals surface area (Å²) in [4.78, 5) is 12.5. The number of benzene rings is 2. The Bertz CT molecular complexity index is 833. The van der Waals surface area contributed by atoms with Crippen LogP contribution in [0.1, 0.15) is 15.9 Å². The first-order valence-corrected chi connectivity index (χ1v) is 12.9. The highest BCUT2D eigenvalue weighted by Gasteiger charge is 2.31. The van der Waals surface area contributed by atoms with Crippen molar-refractivity contribution in [1.29, 1.82) is 0 Å². The van der Waals surface area contributed by atoms with Crippen LogP contribution in [0.5, 0.6) is 0 Å². The second kappa shape index (κ2) is 7.28. The van der Waals surface area contributed by atoms with Crippen molar-refractivity contribution in [2.45, 2.75) is 25.4 Å². The minimum absolute atomic E-state index is 0.0774. The van der Waals surface area contributed by atoms with Crippen molar-refractivity contribution in [2.75, 3.05) is 0 Å². The zero-order valence-electron chi connectivity index (χ0n) is 14.2. The number of rotatable bonds is 6. The van der Waals surface area contributed by atoms with E-state index in [1.807, 2.05) is 43.9 Å². The van der Waals surface area contributed by atoms with Crippen LogP contribution in [0.2, 0.25) is 19.6 Å². The van der Waals surface area contributed by atoms with E-state index in [1.165, 1.54) is 6.08 Å². The highest BCUT2D eigenvalue weighted by Crippen LogP contribution is 2.25. The second-order valence-electron chi connectivity index (χ2n) is 6.73. The van der Waals surface area contributed by atoms with E-state index in [-0.39, 0.29) is 11.5 Å². The fourth-order valence-electron chi connectivity index (χ4n) is 2.45. The Morgan fingerprint density at radius 3 is 1.92 bits per heavy atom. The summed E-state index contributed by atoms with van der Waals surface area (Å²) in [7, 11) is -5.75. The Morgan fingerprint density at radius 2 is 1.42 bits per heavy atom. The number of carbonyl (C=O) groups is 1. The molecule has 0 radical (unpaired) electrons. The molecule has 0 aliphatic rings. The summed E-state index contributed by atoms with van der Waals surface area (Å²) in [5, 5.41) is 0. The van der Waals surface area contributed by atoms with E-state index >= 15 is 0 Å². The fourth-order valence-corrected chi connectivity index (χ4v) is 8.04. The number of hydrogen-bond donors (Lipinski definition) is 0. The lowest BCUT2D eigenvalue weighted by Gasteiger charge is -2.21. The average Bonchev–Trinajstić information content (AvgIpc) is 2.52. The lowest BCUT2D eigenvalue weighted by atomic mass is 10.1. The molecule has 2 aromatic rings. The second-order valence-corrected chi connectivity index (χ2v) is 14.1. The highest BCUT2D eigenvalue weighted by molar-refractivity contribution is 7.97. The molecule has 0 amide bonds. The van der Waals surface area contributed by atoms with Gasteiger partial charge >= 0.3 is 0 Å². The molecule has 126 valence electrons. The molecule has 0 aliphatic heterocycles. The van der Waals surface area contributed by atoms with Crippen molar-refractivity contribution in [3.63, 3.8) is 0 Å². The Hall–Kier alpha value is -1.98. The maximum absolute atomic E-state index is 12.9. The number of ketones is 1. The largest absolute Gasteiger partial charge is 0.289 e. The van der Waals surface area contributed by atoms with E-state index in [9.17, 15) is 13.2 Å². The third kappa shape index (κ3) is 4.76. The van der Waals surface area contributed by atoms with Gasteiger partial charge in [-0.15, -0.1) is 0 Å². The van der Waals surface area contributed by atoms with Crippen LogP contribution in [0.15, 0.2) is 71.3 Å². The number of carbonyl (C=O) groups excluding carboxylic acids is 1. The maximum Gasteiger partial charge on any atom is 0.186 e. The topological polar surface area (TPSA) is 51.2 Å². The van der Waals surface area contributed by atoms with Gasteiger partial charge in [0.25, 0.3) is 0 Å². The van der Waals surface area contributed by atoms with Crippen LogP contribution in [0.4, 0.5) is 0 Å². The van der Waals surface area contributed by atoms with Crippen molar-refractivity contribution >= 4 is 23.7 Å². The van der Waals surface area contributed by atoms with Gasteiger partial charge in [-0.2, -0.15) is 0 Å². The zero-order chi connectivity index (χ0) is 17.8. The van der Waals surface area contributed by atoms with E-state index in [4.69, 9.17) is 0 Å². The molecule has 0 N–H and O–H groups in total. The normalized spacial score (nSPS) is 12.9. The van der Waals surface area contributed by atoms with E-state index in [0.717, 1.165) is 5.56 Å². The average molecular weight is 359 g/mol. The van der Waals surface area contributed by atoms with Crippen molar-refractivity contribution in [1.82, 2.24) is 0 Å². The van der Waals surface area contributed by atoms with Gasteiger partial charge in [0.15, 0.2) is 15.6 Å². The predicted molar refractivity (Wildman–Crippen MR) is 101 cm³/mol. The van der Waals surface area contributed by atoms with Gasteiger partial charge < -0.3 is 0 Å². The first-order chi connectivity index (χ1) is 11.2. The van der Waals surface area contributed by atoms with Crippen molar-refractivity contribution in [3.05, 3.63) is 82.4 Å². The van der Waals surface area contributed by atoms with Crippen LogP contribution in [0.25, 0.3) is 0 Å². The van der Waals surface area contributed by atoms with E-state index in [0.29, 0.717) is 10.1 Å². The molecule has 0 fully saturated rings. The Labute approximate surface area is 145 Å². The van der Waals surface area contributed by atoms with Crippen LogP contribution < -0.4 is 0 Å². The highest BCUT2D eigenvalue weighted by atomic mass is 32.2. The fraction of sp³-hybridized carbons (Fsp3) is 0.211. The van der Waals surface area contributed by atoms with Crippen LogP contribution >= 0.6 is 0 Å². The third-order valence-electron chi connectivity index (χ3n) is 3.59. The first-order valence-electron chi connectivity index (χ1n) is 7.78. The van der Waals surface area contributed by atoms with Crippen LogP contribution in [0.3, 0.4) is 0 Å². The van der Waals surface area contributed by atoms with Gasteiger partial charge in [0.2, 0.25) is 0 Å². The smallest absolute Gasteiger partial charge is 0.186 e. The van der Waals surface area contributed by atoms with Gasteiger partial charge in [-0.05, 0) is 11.6 Å². The van der Waals surface area contributed by atoms with E-state index < -0.39 is 17.9 Å². The zero-order valence-corrected chi connectivity index (χ0v) is 16.0. The predicted octanol–water partition coefficient (Wildman–Crippen LogP) is 4.25. The molecule has 24 heavy (non-hydrogen) atoms. The molecule has 0 bridgehead atoms. The molecule has 0 atom stereocenters. The SMILES string of the molecule is C[Si](C)(C)/C(=C\C(=O)c1ccccc1)S(=O)(=O)Cc1ccccc1. The van der Waals surface area contributed by atoms with Gasteiger partial charge in [0, 0.05) is 10.1 Å². The lowest BCUT2D eigenvalue weighted by Crippen LogP contribution is -2.31. The molecule has 0 aliphatic carbocycles. The summed E-state index contributed by atoms with van der Waals surface area (Å²) in [5.41, 5.74) is 1.23. The molecule has 0 aromatic heterocycles. The van der Waals surface area contributed by atoms with E-state index in [2.05, 4.69) is 0 Å². The molecule has 0 unspecified atom stereocenters. The summed E-state index contributed by atoms with van der Waals surface area (Å²) in [6.07, 6.45) is 1.33. The molecule has 0 heterocycles. The van der Waals surface area contributed by atoms with Gasteiger partial charge in [0.05, 0.1) is 13.8 Å². The molecule has 3 nitrogen and oxygen atoms in total. The molecular weight excluding hydrogens is 336 g/mol. The lowest BCUT2D eigenvalue weighted by molar-refractivity contribution is 0.104. The van der Waals surface area contributed by atoms with Crippen LogP contribution in [-0.2, 0) is 15.6 Å². The summed E-state index contributed by atoms with van der Waals surface area (Å²) >= 11 is 0. The summed E-state index contributed by atoms with van der Waals surface area (Å²) in [5.74, 6) is -0.337. The van der Waals surface area contributed by atoms with Gasteiger partial charge in [-0.3, -0.25) is 4.79 Å². The van der Waals surface area contributed by atoms with Gasteiger partial charge in [0.1, 0.15) is 0 Å². The molecule has 0 saturated carbocycles.